The van der Waals surface area contributed by atoms with Gasteiger partial charge in [0.05, 0.1) is 36.8 Å². The number of hydrogen-bond acceptors (Lipinski definition) is 10. The maximum absolute atomic E-state index is 13.1. The van der Waals surface area contributed by atoms with Crippen molar-refractivity contribution in [3.8, 4) is 11.6 Å². The van der Waals surface area contributed by atoms with Crippen LogP contribution in [0.25, 0.3) is 28.3 Å². The number of fused-ring (bicyclic) bond motifs is 3. The van der Waals surface area contributed by atoms with Crippen molar-refractivity contribution in [2.75, 3.05) is 43.4 Å². The molecule has 0 radical (unpaired) electrons. The van der Waals surface area contributed by atoms with Gasteiger partial charge in [-0.05, 0) is 12.1 Å². The molecular weight excluding hydrogens is 429 g/mol. The van der Waals surface area contributed by atoms with Gasteiger partial charge < -0.3 is 15.1 Å². The number of nitrogens with zero attached hydrogens (tertiary/aromatic N) is 10. The van der Waals surface area contributed by atoms with E-state index in [9.17, 15) is 4.39 Å². The molecule has 0 unspecified atom stereocenters. The van der Waals surface area contributed by atoms with Gasteiger partial charge in [-0.15, -0.1) is 5.10 Å². The van der Waals surface area contributed by atoms with E-state index in [0.717, 1.165) is 38.1 Å². The van der Waals surface area contributed by atoms with Crippen molar-refractivity contribution >= 4 is 28.6 Å². The molecule has 0 saturated carbocycles. The molecule has 0 aromatic carbocycles. The van der Waals surface area contributed by atoms with E-state index in [1.165, 1.54) is 16.9 Å². The van der Waals surface area contributed by atoms with Crippen LogP contribution in [0.3, 0.4) is 0 Å². The molecular formula is C20H20FN11O. The van der Waals surface area contributed by atoms with E-state index in [1.54, 1.807) is 24.6 Å². The second-order valence-corrected chi connectivity index (χ2v) is 7.75. The number of hydrogen-bond donors (Lipinski definition) is 1. The molecule has 5 aromatic heterocycles. The smallest absolute Gasteiger partial charge is 0.225 e. The third kappa shape index (κ3) is 3.51. The van der Waals surface area contributed by atoms with Crippen LogP contribution < -0.4 is 10.6 Å². The summed E-state index contributed by atoms with van der Waals surface area (Å²) < 4.78 is 21.8. The summed E-state index contributed by atoms with van der Waals surface area (Å²) in [6.45, 7) is 4.68. The predicted molar refractivity (Wildman–Crippen MR) is 117 cm³/mol. The van der Waals surface area contributed by atoms with Gasteiger partial charge in [-0.2, -0.15) is 14.6 Å². The summed E-state index contributed by atoms with van der Waals surface area (Å²) in [5.74, 6) is 1.36. The van der Waals surface area contributed by atoms with Crippen molar-refractivity contribution in [2.24, 2.45) is 0 Å². The lowest BCUT2D eigenvalue weighted by Gasteiger charge is -2.34. The van der Waals surface area contributed by atoms with E-state index in [1.807, 2.05) is 4.68 Å². The highest BCUT2D eigenvalue weighted by Gasteiger charge is 2.21. The molecule has 6 heterocycles. The Morgan fingerprint density at radius 1 is 1.00 bits per heavy atom. The van der Waals surface area contributed by atoms with Crippen LogP contribution >= 0.6 is 0 Å². The molecule has 0 spiro atoms. The van der Waals surface area contributed by atoms with E-state index >= 15 is 0 Å². The van der Waals surface area contributed by atoms with Gasteiger partial charge >= 0.3 is 0 Å². The SMILES string of the molecule is Nc1nc2c(cnn2CCN2CCN(c3ncc(F)cn3)CC2)c2nc(-c3ccco3)nn12. The van der Waals surface area contributed by atoms with Gasteiger partial charge in [0, 0.05) is 32.7 Å². The largest absolute Gasteiger partial charge is 0.461 e. The highest BCUT2D eigenvalue weighted by Crippen LogP contribution is 2.23. The summed E-state index contributed by atoms with van der Waals surface area (Å²) >= 11 is 0. The number of anilines is 2. The van der Waals surface area contributed by atoms with Crippen molar-refractivity contribution in [1.29, 1.82) is 0 Å². The predicted octanol–water partition coefficient (Wildman–Crippen LogP) is 1.07. The molecule has 0 aliphatic carbocycles. The molecule has 0 amide bonds. The highest BCUT2D eigenvalue weighted by atomic mass is 19.1. The second-order valence-electron chi connectivity index (χ2n) is 7.75. The van der Waals surface area contributed by atoms with Crippen LogP contribution in [-0.2, 0) is 6.54 Å². The number of furan rings is 1. The molecule has 33 heavy (non-hydrogen) atoms. The molecule has 1 aliphatic rings. The Hall–Kier alpha value is -4.13. The van der Waals surface area contributed by atoms with Crippen molar-refractivity contribution < 1.29 is 8.81 Å². The van der Waals surface area contributed by atoms with Crippen LogP contribution in [0.5, 0.6) is 0 Å². The first-order valence-corrected chi connectivity index (χ1v) is 10.5. The van der Waals surface area contributed by atoms with Gasteiger partial charge in [0.2, 0.25) is 17.7 Å². The number of aromatic nitrogens is 8. The van der Waals surface area contributed by atoms with Gasteiger partial charge in [-0.3, -0.25) is 4.90 Å². The van der Waals surface area contributed by atoms with Gasteiger partial charge in [0.15, 0.2) is 22.9 Å². The van der Waals surface area contributed by atoms with Crippen LogP contribution in [-0.4, -0.2) is 77.0 Å². The van der Waals surface area contributed by atoms with Crippen molar-refractivity contribution in [1.82, 2.24) is 44.2 Å². The Morgan fingerprint density at radius 3 is 2.58 bits per heavy atom. The average Bonchev–Trinajstić information content (AvgIpc) is 3.58. The quantitative estimate of drug-likeness (QED) is 0.415. The summed E-state index contributed by atoms with van der Waals surface area (Å²) in [5.41, 5.74) is 7.41. The van der Waals surface area contributed by atoms with Gasteiger partial charge in [-0.1, -0.05) is 0 Å². The Labute approximate surface area is 186 Å². The number of piperazine rings is 1. The molecule has 6 rings (SSSR count). The average molecular weight is 449 g/mol. The van der Waals surface area contributed by atoms with E-state index < -0.39 is 5.82 Å². The fraction of sp³-hybridized carbons (Fsp3) is 0.300. The molecule has 0 bridgehead atoms. The molecule has 13 heteroatoms. The minimum atomic E-state index is -0.432. The second kappa shape index (κ2) is 7.78. The summed E-state index contributed by atoms with van der Waals surface area (Å²) in [5, 5.41) is 9.70. The zero-order valence-corrected chi connectivity index (χ0v) is 17.5. The number of nitrogen functional groups attached to an aromatic ring is 1. The van der Waals surface area contributed by atoms with Gasteiger partial charge in [0.25, 0.3) is 0 Å². The van der Waals surface area contributed by atoms with E-state index in [0.29, 0.717) is 35.4 Å². The third-order valence-electron chi connectivity index (χ3n) is 5.73. The van der Waals surface area contributed by atoms with Crippen molar-refractivity contribution in [3.05, 3.63) is 42.8 Å². The first-order chi connectivity index (χ1) is 16.2. The number of halogens is 1. The van der Waals surface area contributed by atoms with E-state index in [-0.39, 0.29) is 5.95 Å². The molecule has 1 saturated heterocycles. The normalized spacial score (nSPS) is 15.1. The maximum Gasteiger partial charge on any atom is 0.225 e. The monoisotopic (exact) mass is 449 g/mol. The van der Waals surface area contributed by atoms with Crippen LogP contribution in [0.15, 0.2) is 41.4 Å². The van der Waals surface area contributed by atoms with Gasteiger partial charge in [-0.25, -0.2) is 24.0 Å². The minimum absolute atomic E-state index is 0.234. The highest BCUT2D eigenvalue weighted by molar-refractivity contribution is 5.90. The fourth-order valence-corrected chi connectivity index (χ4v) is 4.01. The Balaban J connectivity index is 1.17. The van der Waals surface area contributed by atoms with E-state index in [4.69, 9.17) is 10.2 Å². The maximum atomic E-state index is 13.1. The molecule has 1 aliphatic heterocycles. The zero-order valence-electron chi connectivity index (χ0n) is 17.5. The number of rotatable bonds is 5. The fourth-order valence-electron chi connectivity index (χ4n) is 4.01. The van der Waals surface area contributed by atoms with Crippen LogP contribution in [0.2, 0.25) is 0 Å². The van der Waals surface area contributed by atoms with Crippen molar-refractivity contribution in [3.63, 3.8) is 0 Å². The molecule has 1 fully saturated rings. The standard InChI is InChI=1S/C20H20FN11O/c21-13-10-23-20(24-11-13)30-6-3-29(4-7-30)5-8-31-17-14(12-25-31)18-26-16(15-2-1-9-33-15)28-32(18)19(22)27-17/h1-2,9-12H,3-8H2,(H2,22,27). The zero-order chi connectivity index (χ0) is 22.4. The van der Waals surface area contributed by atoms with Crippen LogP contribution in [0.1, 0.15) is 0 Å². The third-order valence-corrected chi connectivity index (χ3v) is 5.73. The lowest BCUT2D eigenvalue weighted by Crippen LogP contribution is -2.47. The summed E-state index contributed by atoms with van der Waals surface area (Å²) in [6.07, 6.45) is 5.70. The molecule has 0 atom stereocenters. The van der Waals surface area contributed by atoms with Gasteiger partial charge in [0.1, 0.15) is 0 Å². The summed E-state index contributed by atoms with van der Waals surface area (Å²) in [4.78, 5) is 21.6. The Morgan fingerprint density at radius 2 is 1.82 bits per heavy atom. The molecule has 12 nitrogen and oxygen atoms in total. The summed E-state index contributed by atoms with van der Waals surface area (Å²) in [6, 6.07) is 3.57. The lowest BCUT2D eigenvalue weighted by atomic mass is 10.3. The Kier molecular flexibility index (Phi) is 4.61. The Bertz CT molecular complexity index is 1400. The molecule has 168 valence electrons. The lowest BCUT2D eigenvalue weighted by molar-refractivity contribution is 0.244. The van der Waals surface area contributed by atoms with E-state index in [2.05, 4.69) is 39.9 Å². The number of nitrogens with two attached hydrogens (primary N) is 1. The first kappa shape index (κ1) is 19.5. The first-order valence-electron chi connectivity index (χ1n) is 10.5. The van der Waals surface area contributed by atoms with Crippen LogP contribution in [0, 0.1) is 5.82 Å². The van der Waals surface area contributed by atoms with Crippen molar-refractivity contribution in [2.45, 2.75) is 6.54 Å². The topological polar surface area (TPSA) is 132 Å². The molecule has 2 N–H and O–H groups in total. The van der Waals surface area contributed by atoms with Crippen LogP contribution in [0.4, 0.5) is 16.3 Å². The molecule has 5 aromatic rings. The summed E-state index contributed by atoms with van der Waals surface area (Å²) in [7, 11) is 0. The minimum Gasteiger partial charge on any atom is -0.461 e.